The van der Waals surface area contributed by atoms with Crippen molar-refractivity contribution < 1.29 is 9.47 Å². The smallest absolute Gasteiger partial charge is 0.222 e. The minimum absolute atomic E-state index is 0.217. The summed E-state index contributed by atoms with van der Waals surface area (Å²) in [7, 11) is 3.24. The second-order valence-electron chi connectivity index (χ2n) is 6.37. The number of ether oxygens (including phenoxy) is 2. The van der Waals surface area contributed by atoms with Gasteiger partial charge in [-0.1, -0.05) is 34.1 Å². The standard InChI is InChI=1S/C22H19BrN4O2/c1-28-19-9-7-14(11-20(19)29-2)13-6-8-18-17(10-13)21(27-22(24)26-18)25-16-5-3-4-15(23)12-16/h3-12H,1-2H3,(H3,24,25,26,27). The maximum Gasteiger partial charge on any atom is 0.222 e. The van der Waals surface area contributed by atoms with Crippen LogP contribution in [0.4, 0.5) is 17.5 Å². The molecule has 0 aliphatic heterocycles. The molecule has 146 valence electrons. The van der Waals surface area contributed by atoms with Crippen molar-refractivity contribution in [1.82, 2.24) is 9.97 Å². The lowest BCUT2D eigenvalue weighted by molar-refractivity contribution is 0.355. The topological polar surface area (TPSA) is 82.3 Å². The third kappa shape index (κ3) is 3.95. The van der Waals surface area contributed by atoms with Gasteiger partial charge in [0, 0.05) is 15.5 Å². The highest BCUT2D eigenvalue weighted by Gasteiger charge is 2.11. The number of nitrogens with one attached hydrogen (secondary N) is 1. The molecule has 7 heteroatoms. The molecule has 4 rings (SSSR count). The summed E-state index contributed by atoms with van der Waals surface area (Å²) in [5.74, 6) is 2.22. The van der Waals surface area contributed by atoms with Gasteiger partial charge < -0.3 is 20.5 Å². The Morgan fingerprint density at radius 2 is 1.62 bits per heavy atom. The molecule has 0 radical (unpaired) electrons. The number of fused-ring (bicyclic) bond motifs is 1. The van der Waals surface area contributed by atoms with Crippen LogP contribution in [-0.4, -0.2) is 24.2 Å². The van der Waals surface area contributed by atoms with E-state index in [4.69, 9.17) is 15.2 Å². The number of methoxy groups -OCH3 is 2. The zero-order valence-corrected chi connectivity index (χ0v) is 17.5. The van der Waals surface area contributed by atoms with Crippen molar-refractivity contribution in [3.05, 3.63) is 65.1 Å². The third-order valence-electron chi connectivity index (χ3n) is 4.52. The molecule has 0 spiro atoms. The second kappa shape index (κ2) is 7.97. The quantitative estimate of drug-likeness (QED) is 0.423. The Kier molecular flexibility index (Phi) is 5.22. The number of hydrogen-bond donors (Lipinski definition) is 2. The van der Waals surface area contributed by atoms with Gasteiger partial charge in [-0.2, -0.15) is 4.98 Å². The second-order valence-corrected chi connectivity index (χ2v) is 7.28. The summed E-state index contributed by atoms with van der Waals surface area (Å²) in [6, 6.07) is 19.7. The van der Waals surface area contributed by atoms with E-state index in [1.165, 1.54) is 0 Å². The summed E-state index contributed by atoms with van der Waals surface area (Å²) in [5.41, 5.74) is 9.59. The van der Waals surface area contributed by atoms with Crippen LogP contribution in [0.2, 0.25) is 0 Å². The van der Waals surface area contributed by atoms with Crippen LogP contribution in [0.5, 0.6) is 11.5 Å². The Bertz CT molecular complexity index is 1200. The minimum Gasteiger partial charge on any atom is -0.493 e. The number of nitrogens with two attached hydrogens (primary N) is 1. The Morgan fingerprint density at radius 3 is 2.38 bits per heavy atom. The molecule has 3 aromatic carbocycles. The number of halogens is 1. The Balaban J connectivity index is 1.81. The van der Waals surface area contributed by atoms with Gasteiger partial charge in [0.25, 0.3) is 0 Å². The Labute approximate surface area is 176 Å². The van der Waals surface area contributed by atoms with E-state index in [0.29, 0.717) is 17.3 Å². The highest BCUT2D eigenvalue weighted by Crippen LogP contribution is 2.35. The molecule has 0 aliphatic carbocycles. The molecular weight excluding hydrogens is 432 g/mol. The lowest BCUT2D eigenvalue weighted by Crippen LogP contribution is -2.01. The van der Waals surface area contributed by atoms with Crippen molar-refractivity contribution in [2.45, 2.75) is 0 Å². The van der Waals surface area contributed by atoms with Crippen molar-refractivity contribution in [2.75, 3.05) is 25.3 Å². The van der Waals surface area contributed by atoms with Crippen LogP contribution in [0.15, 0.2) is 65.1 Å². The lowest BCUT2D eigenvalue weighted by Gasteiger charge is -2.12. The summed E-state index contributed by atoms with van der Waals surface area (Å²) in [6.45, 7) is 0. The number of aromatic nitrogens is 2. The fraction of sp³-hybridized carbons (Fsp3) is 0.0909. The molecule has 0 saturated carbocycles. The van der Waals surface area contributed by atoms with Gasteiger partial charge in [0.15, 0.2) is 11.5 Å². The van der Waals surface area contributed by atoms with Gasteiger partial charge in [0.1, 0.15) is 5.82 Å². The maximum absolute atomic E-state index is 5.93. The summed E-state index contributed by atoms with van der Waals surface area (Å²) in [5, 5.41) is 4.21. The van der Waals surface area contributed by atoms with Crippen molar-refractivity contribution in [3.63, 3.8) is 0 Å². The molecule has 3 N–H and O–H groups in total. The molecule has 29 heavy (non-hydrogen) atoms. The molecule has 1 heterocycles. The molecule has 0 aliphatic rings. The Hall–Kier alpha value is -3.32. The maximum atomic E-state index is 5.93. The zero-order valence-electron chi connectivity index (χ0n) is 15.9. The monoisotopic (exact) mass is 450 g/mol. The van der Waals surface area contributed by atoms with Gasteiger partial charge in [-0.25, -0.2) is 4.98 Å². The van der Waals surface area contributed by atoms with Crippen molar-refractivity contribution in [3.8, 4) is 22.6 Å². The van der Waals surface area contributed by atoms with Crippen LogP contribution in [0.3, 0.4) is 0 Å². The molecule has 0 amide bonds. The minimum atomic E-state index is 0.217. The number of rotatable bonds is 5. The summed E-state index contributed by atoms with van der Waals surface area (Å²) in [6.07, 6.45) is 0. The van der Waals surface area contributed by atoms with Gasteiger partial charge in [-0.05, 0) is 53.6 Å². The fourth-order valence-corrected chi connectivity index (χ4v) is 3.54. The molecular formula is C22H19BrN4O2. The predicted octanol–water partition coefficient (Wildman–Crippen LogP) is 5.40. The highest BCUT2D eigenvalue weighted by molar-refractivity contribution is 9.10. The number of anilines is 3. The molecule has 4 aromatic rings. The lowest BCUT2D eigenvalue weighted by atomic mass is 10.0. The number of nitrogens with zero attached hydrogens (tertiary/aromatic N) is 2. The van der Waals surface area contributed by atoms with E-state index >= 15 is 0 Å². The van der Waals surface area contributed by atoms with Gasteiger partial charge >= 0.3 is 0 Å². The molecule has 0 unspecified atom stereocenters. The van der Waals surface area contributed by atoms with E-state index in [9.17, 15) is 0 Å². The molecule has 0 saturated heterocycles. The first-order valence-electron chi connectivity index (χ1n) is 8.89. The van der Waals surface area contributed by atoms with Crippen LogP contribution in [-0.2, 0) is 0 Å². The van der Waals surface area contributed by atoms with Crippen LogP contribution in [0.25, 0.3) is 22.0 Å². The van der Waals surface area contributed by atoms with Gasteiger partial charge in [0.2, 0.25) is 5.95 Å². The van der Waals surface area contributed by atoms with Crippen LogP contribution in [0, 0.1) is 0 Å². The fourth-order valence-electron chi connectivity index (χ4n) is 3.14. The van der Waals surface area contributed by atoms with Crippen LogP contribution >= 0.6 is 15.9 Å². The van der Waals surface area contributed by atoms with E-state index in [0.717, 1.165) is 32.2 Å². The average Bonchev–Trinajstić information content (AvgIpc) is 2.73. The van der Waals surface area contributed by atoms with Gasteiger partial charge in [0.05, 0.1) is 19.7 Å². The number of hydrogen-bond acceptors (Lipinski definition) is 6. The van der Waals surface area contributed by atoms with E-state index in [1.807, 2.05) is 60.7 Å². The largest absolute Gasteiger partial charge is 0.493 e. The van der Waals surface area contributed by atoms with Gasteiger partial charge in [-0.3, -0.25) is 0 Å². The molecule has 0 fully saturated rings. The highest BCUT2D eigenvalue weighted by atomic mass is 79.9. The molecule has 6 nitrogen and oxygen atoms in total. The van der Waals surface area contributed by atoms with E-state index < -0.39 is 0 Å². The van der Waals surface area contributed by atoms with Crippen LogP contribution < -0.4 is 20.5 Å². The van der Waals surface area contributed by atoms with Gasteiger partial charge in [-0.15, -0.1) is 0 Å². The first-order valence-corrected chi connectivity index (χ1v) is 9.69. The zero-order chi connectivity index (χ0) is 20.4. The first-order chi connectivity index (χ1) is 14.1. The average molecular weight is 451 g/mol. The normalized spacial score (nSPS) is 10.7. The summed E-state index contributed by atoms with van der Waals surface area (Å²) in [4.78, 5) is 8.78. The summed E-state index contributed by atoms with van der Waals surface area (Å²) >= 11 is 3.49. The number of nitrogen functional groups attached to an aromatic ring is 1. The van der Waals surface area contributed by atoms with E-state index in [1.54, 1.807) is 14.2 Å². The first kappa shape index (κ1) is 19.0. The van der Waals surface area contributed by atoms with Crippen LogP contribution in [0.1, 0.15) is 0 Å². The molecule has 0 bridgehead atoms. The Morgan fingerprint density at radius 1 is 0.862 bits per heavy atom. The SMILES string of the molecule is COc1ccc(-c2ccc3nc(N)nc(Nc4cccc(Br)c4)c3c2)cc1OC. The molecule has 0 atom stereocenters. The van der Waals surface area contributed by atoms with Crippen molar-refractivity contribution >= 4 is 44.3 Å². The summed E-state index contributed by atoms with van der Waals surface area (Å²) < 4.78 is 11.7. The van der Waals surface area contributed by atoms with Crippen molar-refractivity contribution in [2.24, 2.45) is 0 Å². The third-order valence-corrected chi connectivity index (χ3v) is 5.01. The predicted molar refractivity (Wildman–Crippen MR) is 120 cm³/mol. The number of benzene rings is 3. The van der Waals surface area contributed by atoms with Crippen molar-refractivity contribution in [1.29, 1.82) is 0 Å². The van der Waals surface area contributed by atoms with E-state index in [2.05, 4.69) is 31.2 Å². The van der Waals surface area contributed by atoms with E-state index in [-0.39, 0.29) is 5.95 Å². The molecule has 1 aromatic heterocycles.